The molecule has 1 aromatic heterocycles. The average molecular weight is 331 g/mol. The number of carbonyl (C=O) groups excluding carboxylic acids is 1. The van der Waals surface area contributed by atoms with E-state index in [4.69, 9.17) is 4.74 Å². The van der Waals surface area contributed by atoms with Crippen molar-refractivity contribution in [3.05, 3.63) is 72.1 Å². The minimum Gasteiger partial charge on any atom is -0.445 e. The maximum atomic E-state index is 11.6. The van der Waals surface area contributed by atoms with Gasteiger partial charge in [-0.2, -0.15) is 0 Å². The third-order valence-corrected chi connectivity index (χ3v) is 3.43. The fourth-order valence-electron chi connectivity index (χ4n) is 2.21. The molecule has 1 N–H and O–H groups in total. The Morgan fingerprint density at radius 1 is 1.04 bits per heavy atom. The third-order valence-electron chi connectivity index (χ3n) is 3.43. The highest BCUT2D eigenvalue weighted by Crippen LogP contribution is 2.09. The van der Waals surface area contributed by atoms with Gasteiger partial charge in [0, 0.05) is 30.9 Å². The second-order valence-corrected chi connectivity index (χ2v) is 5.30. The molecule has 0 saturated carbocycles. The summed E-state index contributed by atoms with van der Waals surface area (Å²) in [5.74, 6) is 6.09. The number of rotatable bonds is 4. The van der Waals surface area contributed by atoms with E-state index in [0.717, 1.165) is 22.2 Å². The summed E-state index contributed by atoms with van der Waals surface area (Å²) in [5.41, 5.74) is 3.49. The molecule has 5 heteroatoms. The van der Waals surface area contributed by atoms with Gasteiger partial charge in [0.15, 0.2) is 0 Å². The van der Waals surface area contributed by atoms with Crippen LogP contribution in [0.15, 0.2) is 60.9 Å². The molecule has 0 radical (unpaired) electrons. The van der Waals surface area contributed by atoms with Crippen LogP contribution in [0.1, 0.15) is 17.5 Å². The molecule has 0 aliphatic carbocycles. The molecule has 0 saturated heterocycles. The van der Waals surface area contributed by atoms with E-state index < -0.39 is 6.09 Å². The highest BCUT2D eigenvalue weighted by Gasteiger charge is 2.00. The predicted molar refractivity (Wildman–Crippen MR) is 95.7 cm³/mol. The normalized spacial score (nSPS) is 9.92. The zero-order valence-electron chi connectivity index (χ0n) is 13.6. The summed E-state index contributed by atoms with van der Waals surface area (Å²) in [7, 11) is 0. The number of aromatic nitrogens is 2. The number of hydrogen-bond donors (Lipinski definition) is 1. The molecule has 0 aliphatic heterocycles. The van der Waals surface area contributed by atoms with Crippen molar-refractivity contribution in [2.75, 3.05) is 6.54 Å². The van der Waals surface area contributed by atoms with Crippen LogP contribution in [0.4, 0.5) is 4.79 Å². The van der Waals surface area contributed by atoms with Crippen LogP contribution in [0.3, 0.4) is 0 Å². The standard InChI is InChI=1S/C20H17N3O2/c24-20(25-15-17-7-2-1-3-8-17)23-11-5-4-6-16-9-10-18-19(14-16)22-13-12-21-18/h1-3,7-10,12-14H,5,11,15H2,(H,23,24). The van der Waals surface area contributed by atoms with Gasteiger partial charge in [0.05, 0.1) is 11.0 Å². The number of nitrogens with zero attached hydrogens (tertiary/aromatic N) is 2. The van der Waals surface area contributed by atoms with Gasteiger partial charge < -0.3 is 10.1 Å². The molecule has 1 amide bonds. The Balaban J connectivity index is 1.42. The quantitative estimate of drug-likeness (QED) is 0.588. The first kappa shape index (κ1) is 16.5. The Labute approximate surface area is 146 Å². The monoisotopic (exact) mass is 331 g/mol. The summed E-state index contributed by atoms with van der Waals surface area (Å²) in [6.45, 7) is 0.699. The number of nitrogens with one attached hydrogen (secondary N) is 1. The lowest BCUT2D eigenvalue weighted by Crippen LogP contribution is -2.24. The van der Waals surface area contributed by atoms with E-state index >= 15 is 0 Å². The molecule has 3 aromatic rings. The average Bonchev–Trinajstić information content (AvgIpc) is 2.67. The molecule has 2 aromatic carbocycles. The Morgan fingerprint density at radius 2 is 1.84 bits per heavy atom. The second kappa shape index (κ2) is 8.46. The molecule has 1 heterocycles. The topological polar surface area (TPSA) is 64.1 Å². The van der Waals surface area contributed by atoms with Crippen LogP contribution in [0.5, 0.6) is 0 Å². The SMILES string of the molecule is O=C(NCCC#Cc1ccc2nccnc2c1)OCc1ccccc1. The molecule has 0 atom stereocenters. The van der Waals surface area contributed by atoms with E-state index in [-0.39, 0.29) is 6.61 Å². The Morgan fingerprint density at radius 3 is 2.68 bits per heavy atom. The molecule has 5 nitrogen and oxygen atoms in total. The lowest BCUT2D eigenvalue weighted by Gasteiger charge is -2.05. The van der Waals surface area contributed by atoms with E-state index in [1.165, 1.54) is 0 Å². The minimum absolute atomic E-state index is 0.260. The smallest absolute Gasteiger partial charge is 0.407 e. The number of amides is 1. The van der Waals surface area contributed by atoms with Gasteiger partial charge in [-0.3, -0.25) is 9.97 Å². The minimum atomic E-state index is -0.438. The summed E-state index contributed by atoms with van der Waals surface area (Å²) >= 11 is 0. The van der Waals surface area contributed by atoms with Gasteiger partial charge in [-0.15, -0.1) is 0 Å². The second-order valence-electron chi connectivity index (χ2n) is 5.30. The summed E-state index contributed by atoms with van der Waals surface area (Å²) in [5, 5.41) is 2.68. The van der Waals surface area contributed by atoms with Gasteiger partial charge in [-0.1, -0.05) is 42.2 Å². The van der Waals surface area contributed by atoms with E-state index in [1.807, 2.05) is 48.5 Å². The maximum Gasteiger partial charge on any atom is 0.407 e. The highest BCUT2D eigenvalue weighted by atomic mass is 16.5. The van der Waals surface area contributed by atoms with Crippen molar-refractivity contribution in [1.29, 1.82) is 0 Å². The number of ether oxygens (including phenoxy) is 1. The fraction of sp³-hybridized carbons (Fsp3) is 0.150. The zero-order valence-corrected chi connectivity index (χ0v) is 13.6. The molecule has 0 spiro atoms. The van der Waals surface area contributed by atoms with Crippen molar-refractivity contribution in [3.8, 4) is 11.8 Å². The van der Waals surface area contributed by atoms with Gasteiger partial charge in [-0.05, 0) is 23.8 Å². The van der Waals surface area contributed by atoms with Crippen molar-refractivity contribution in [2.45, 2.75) is 13.0 Å². The van der Waals surface area contributed by atoms with Crippen LogP contribution in [0.2, 0.25) is 0 Å². The van der Waals surface area contributed by atoms with E-state index in [1.54, 1.807) is 12.4 Å². The van der Waals surface area contributed by atoms with Gasteiger partial charge in [0.1, 0.15) is 6.61 Å². The van der Waals surface area contributed by atoms with E-state index in [0.29, 0.717) is 13.0 Å². The van der Waals surface area contributed by atoms with Gasteiger partial charge in [0.2, 0.25) is 0 Å². The number of hydrogen-bond acceptors (Lipinski definition) is 4. The summed E-state index contributed by atoms with van der Waals surface area (Å²) < 4.78 is 5.13. The number of alkyl carbamates (subject to hydrolysis) is 1. The number of carbonyl (C=O) groups is 1. The molecule has 0 unspecified atom stereocenters. The lowest BCUT2D eigenvalue weighted by atomic mass is 10.2. The molecule has 3 rings (SSSR count). The third kappa shape index (κ3) is 5.05. The first-order valence-electron chi connectivity index (χ1n) is 7.95. The number of benzene rings is 2. The summed E-state index contributed by atoms with van der Waals surface area (Å²) in [6, 6.07) is 15.3. The lowest BCUT2D eigenvalue weighted by molar-refractivity contribution is 0.140. The zero-order chi connectivity index (χ0) is 17.3. The van der Waals surface area contributed by atoms with Crippen LogP contribution in [-0.4, -0.2) is 22.6 Å². The summed E-state index contributed by atoms with van der Waals surface area (Å²) in [4.78, 5) is 20.1. The van der Waals surface area contributed by atoms with Crippen LogP contribution in [-0.2, 0) is 11.3 Å². The van der Waals surface area contributed by atoms with Crippen molar-refractivity contribution in [1.82, 2.24) is 15.3 Å². The van der Waals surface area contributed by atoms with Crippen molar-refractivity contribution in [2.24, 2.45) is 0 Å². The maximum absolute atomic E-state index is 11.6. The highest BCUT2D eigenvalue weighted by molar-refractivity contribution is 5.75. The van der Waals surface area contributed by atoms with Crippen molar-refractivity contribution < 1.29 is 9.53 Å². The molecule has 0 aliphatic rings. The predicted octanol–water partition coefficient (Wildman–Crippen LogP) is 3.30. The Bertz CT molecular complexity index is 914. The van der Waals surface area contributed by atoms with Crippen LogP contribution >= 0.6 is 0 Å². The molecule has 0 fully saturated rings. The molecule has 124 valence electrons. The molecule has 25 heavy (non-hydrogen) atoms. The Hall–Kier alpha value is -3.39. The first-order chi connectivity index (χ1) is 12.3. The van der Waals surface area contributed by atoms with Crippen LogP contribution < -0.4 is 5.32 Å². The van der Waals surface area contributed by atoms with Gasteiger partial charge >= 0.3 is 6.09 Å². The summed E-state index contributed by atoms with van der Waals surface area (Å²) in [6.07, 6.45) is 3.42. The van der Waals surface area contributed by atoms with Crippen LogP contribution in [0.25, 0.3) is 11.0 Å². The fourth-order valence-corrected chi connectivity index (χ4v) is 2.21. The molecular formula is C20H17N3O2. The first-order valence-corrected chi connectivity index (χ1v) is 7.95. The van der Waals surface area contributed by atoms with Gasteiger partial charge in [0.25, 0.3) is 0 Å². The van der Waals surface area contributed by atoms with Crippen LogP contribution in [0, 0.1) is 11.8 Å². The van der Waals surface area contributed by atoms with E-state index in [2.05, 4.69) is 27.1 Å². The number of fused-ring (bicyclic) bond motifs is 1. The van der Waals surface area contributed by atoms with Crippen molar-refractivity contribution >= 4 is 17.1 Å². The Kier molecular flexibility index (Phi) is 5.57. The molecular weight excluding hydrogens is 314 g/mol. The van der Waals surface area contributed by atoms with Crippen molar-refractivity contribution in [3.63, 3.8) is 0 Å². The van der Waals surface area contributed by atoms with Gasteiger partial charge in [-0.25, -0.2) is 4.79 Å². The molecule has 0 bridgehead atoms. The largest absolute Gasteiger partial charge is 0.445 e. The van der Waals surface area contributed by atoms with E-state index in [9.17, 15) is 4.79 Å².